The van der Waals surface area contributed by atoms with Crippen molar-refractivity contribution in [1.29, 1.82) is 5.41 Å². The van der Waals surface area contributed by atoms with E-state index in [4.69, 9.17) is 19.3 Å². The minimum Gasteiger partial charge on any atom is -0.493 e. The molecule has 2 aromatic carbocycles. The molecule has 202 valence electrons. The number of ether oxygens (including phenoxy) is 2. The summed E-state index contributed by atoms with van der Waals surface area (Å²) in [5.41, 5.74) is 1.53. The van der Waals surface area contributed by atoms with E-state index in [0.29, 0.717) is 17.1 Å². The Morgan fingerprint density at radius 1 is 1.03 bits per heavy atom. The maximum absolute atomic E-state index is 13.3. The third-order valence-corrected chi connectivity index (χ3v) is 5.76. The van der Waals surface area contributed by atoms with E-state index in [9.17, 15) is 14.7 Å². The van der Waals surface area contributed by atoms with Gasteiger partial charge in [-0.05, 0) is 29.2 Å². The summed E-state index contributed by atoms with van der Waals surface area (Å²) in [5, 5.41) is 33.4. The van der Waals surface area contributed by atoms with Crippen LogP contribution in [0.3, 0.4) is 0 Å². The summed E-state index contributed by atoms with van der Waals surface area (Å²) in [4.78, 5) is 26.0. The Kier molecular flexibility index (Phi) is 9.63. The van der Waals surface area contributed by atoms with E-state index >= 15 is 0 Å². The van der Waals surface area contributed by atoms with E-state index in [2.05, 4.69) is 26.1 Å². The Morgan fingerprint density at radius 3 is 2.34 bits per heavy atom. The quantitative estimate of drug-likeness (QED) is 0.186. The smallest absolute Gasteiger partial charge is 0.412 e. The van der Waals surface area contributed by atoms with E-state index in [1.165, 1.54) is 14.2 Å². The Labute approximate surface area is 220 Å². The molecule has 1 heterocycles. The lowest BCUT2D eigenvalue weighted by molar-refractivity contribution is -0.124. The largest absolute Gasteiger partial charge is 0.493 e. The van der Waals surface area contributed by atoms with Gasteiger partial charge in [-0.25, -0.2) is 0 Å². The molecular weight excluding hydrogens is 492 g/mol. The molecule has 0 aliphatic carbocycles. The topological polar surface area (TPSA) is 172 Å². The molecule has 0 aliphatic heterocycles. The van der Waals surface area contributed by atoms with Crippen molar-refractivity contribution in [2.75, 3.05) is 14.2 Å². The van der Waals surface area contributed by atoms with Gasteiger partial charge in [-0.15, -0.1) is 5.10 Å². The van der Waals surface area contributed by atoms with Crippen molar-refractivity contribution < 1.29 is 28.6 Å². The van der Waals surface area contributed by atoms with E-state index in [1.807, 2.05) is 44.2 Å². The molecule has 0 bridgehead atoms. The van der Waals surface area contributed by atoms with Gasteiger partial charge >= 0.3 is 6.08 Å². The van der Waals surface area contributed by atoms with Gasteiger partial charge in [-0.1, -0.05) is 55.3 Å². The highest BCUT2D eigenvalue weighted by Crippen LogP contribution is 2.29. The fourth-order valence-electron chi connectivity index (χ4n) is 3.94. The van der Waals surface area contributed by atoms with Gasteiger partial charge in [0.1, 0.15) is 6.04 Å². The van der Waals surface area contributed by atoms with Crippen LogP contribution in [0.4, 0.5) is 0 Å². The van der Waals surface area contributed by atoms with Crippen molar-refractivity contribution in [2.24, 2.45) is 5.92 Å². The molecule has 12 nitrogen and oxygen atoms in total. The van der Waals surface area contributed by atoms with Crippen LogP contribution < -0.4 is 25.4 Å². The summed E-state index contributed by atoms with van der Waals surface area (Å²) in [5.74, 6) is -1.23. The lowest BCUT2D eigenvalue weighted by Gasteiger charge is -2.28. The molecule has 5 N–H and O–H groups in total. The van der Waals surface area contributed by atoms with E-state index in [-0.39, 0.29) is 30.7 Å². The predicted molar refractivity (Wildman–Crippen MR) is 138 cm³/mol. The zero-order valence-corrected chi connectivity index (χ0v) is 21.6. The van der Waals surface area contributed by atoms with Gasteiger partial charge in [0, 0.05) is 6.54 Å². The number of methoxy groups -OCH3 is 2. The van der Waals surface area contributed by atoms with Crippen molar-refractivity contribution in [3.05, 3.63) is 65.5 Å². The van der Waals surface area contributed by atoms with Crippen molar-refractivity contribution in [3.63, 3.8) is 0 Å². The second-order valence-electron chi connectivity index (χ2n) is 8.81. The number of amides is 2. The third kappa shape index (κ3) is 7.45. The summed E-state index contributed by atoms with van der Waals surface area (Å²) in [6.45, 7) is 3.92. The summed E-state index contributed by atoms with van der Waals surface area (Å²) in [6, 6.07) is 13.3. The third-order valence-electron chi connectivity index (χ3n) is 5.76. The molecule has 0 aliphatic rings. The second kappa shape index (κ2) is 13.1. The van der Waals surface area contributed by atoms with Crippen LogP contribution in [0.5, 0.6) is 17.6 Å². The molecule has 0 fully saturated rings. The first kappa shape index (κ1) is 28.0. The molecule has 0 spiro atoms. The molecule has 2 atom stereocenters. The van der Waals surface area contributed by atoms with Crippen LogP contribution in [0.2, 0.25) is 0 Å². The summed E-state index contributed by atoms with van der Waals surface area (Å²) in [6.07, 6.45) is -0.673. The minimum absolute atomic E-state index is 0.0225. The van der Waals surface area contributed by atoms with Crippen molar-refractivity contribution in [3.8, 4) is 17.6 Å². The maximum atomic E-state index is 13.3. The maximum Gasteiger partial charge on any atom is 0.412 e. The van der Waals surface area contributed by atoms with Gasteiger partial charge in [0.15, 0.2) is 17.5 Å². The number of carbonyl (C=O) groups excluding carboxylic acids is 2. The molecule has 2 unspecified atom stereocenters. The minimum atomic E-state index is -1.08. The molecule has 0 saturated carbocycles. The first-order valence-corrected chi connectivity index (χ1v) is 11.9. The molecule has 0 saturated heterocycles. The average molecular weight is 525 g/mol. The van der Waals surface area contributed by atoms with Crippen LogP contribution in [0.25, 0.3) is 0 Å². The first-order chi connectivity index (χ1) is 18.2. The van der Waals surface area contributed by atoms with Crippen molar-refractivity contribution in [2.45, 2.75) is 38.8 Å². The number of hydrogen-bond acceptors (Lipinski definition) is 9. The number of benzene rings is 2. The lowest BCUT2D eigenvalue weighted by Crippen LogP contribution is -2.55. The number of nitrogens with zero attached hydrogens (tertiary/aromatic N) is 2. The highest BCUT2D eigenvalue weighted by atomic mass is 16.5. The summed E-state index contributed by atoms with van der Waals surface area (Å²) < 4.78 is 15.7. The molecule has 1 aromatic heterocycles. The van der Waals surface area contributed by atoms with Crippen LogP contribution in [-0.4, -0.2) is 53.3 Å². The van der Waals surface area contributed by atoms with Crippen molar-refractivity contribution in [1.82, 2.24) is 26.1 Å². The van der Waals surface area contributed by atoms with E-state index in [0.717, 1.165) is 5.56 Å². The monoisotopic (exact) mass is 524 g/mol. The van der Waals surface area contributed by atoms with E-state index < -0.39 is 29.9 Å². The predicted octanol–water partition coefficient (Wildman–Crippen LogP) is 2.10. The van der Waals surface area contributed by atoms with E-state index in [1.54, 1.807) is 18.2 Å². The number of guanidine groups is 1. The van der Waals surface area contributed by atoms with Crippen LogP contribution in [0.15, 0.2) is 52.9 Å². The number of aromatic nitrogens is 2. The number of hydrogen-bond donors (Lipinski definition) is 5. The number of aromatic hydroxyl groups is 1. The van der Waals surface area contributed by atoms with Crippen LogP contribution in [0.1, 0.15) is 36.8 Å². The molecule has 3 rings (SSSR count). The summed E-state index contributed by atoms with van der Waals surface area (Å²) in [7, 11) is 3.02. The van der Waals surface area contributed by atoms with Crippen molar-refractivity contribution >= 4 is 17.8 Å². The average Bonchev–Trinajstić information content (AvgIpc) is 3.32. The van der Waals surface area contributed by atoms with Crippen LogP contribution >= 0.6 is 0 Å². The zero-order chi connectivity index (χ0) is 27.7. The Morgan fingerprint density at radius 2 is 1.74 bits per heavy atom. The molecule has 3 aromatic rings. The Balaban J connectivity index is 1.74. The van der Waals surface area contributed by atoms with Gasteiger partial charge in [0.2, 0.25) is 17.7 Å². The van der Waals surface area contributed by atoms with Gasteiger partial charge in [-0.2, -0.15) is 0 Å². The van der Waals surface area contributed by atoms with Crippen LogP contribution in [0, 0.1) is 11.3 Å². The lowest BCUT2D eigenvalue weighted by atomic mass is 9.87. The fourth-order valence-corrected chi connectivity index (χ4v) is 3.94. The SMILES string of the molecule is COc1ccc(CC(=O)NC(=N)NC(C(=O)NCc2ccccc2)C(c2nnc(O)o2)C(C)C)cc1OC. The normalized spacial score (nSPS) is 12.3. The highest BCUT2D eigenvalue weighted by molar-refractivity contribution is 5.98. The molecule has 38 heavy (non-hydrogen) atoms. The number of rotatable bonds is 11. The second-order valence-corrected chi connectivity index (χ2v) is 8.81. The molecule has 2 amide bonds. The Hall–Kier alpha value is -4.61. The standard InChI is InChI=1S/C26H32N6O6/c1-15(2)21(24-31-32-26(35)38-24)22(23(34)28-14-16-8-6-5-7-9-16)30-25(27)29-20(33)13-17-10-11-18(36-3)19(12-17)37-4/h5-12,15,21-22H,13-14H2,1-4H3,(H,28,34)(H,32,35)(H3,27,29,30,33). The first-order valence-electron chi connectivity index (χ1n) is 11.9. The number of carbonyl (C=O) groups is 2. The zero-order valence-electron chi connectivity index (χ0n) is 21.6. The number of nitrogens with one attached hydrogen (secondary N) is 4. The van der Waals surface area contributed by atoms with Gasteiger partial charge in [0.05, 0.1) is 26.6 Å². The molecule has 0 radical (unpaired) electrons. The molecular formula is C26H32N6O6. The van der Waals surface area contributed by atoms with Crippen LogP contribution in [-0.2, 0) is 22.6 Å². The Bertz CT molecular complexity index is 1250. The summed E-state index contributed by atoms with van der Waals surface area (Å²) >= 11 is 0. The molecule has 12 heteroatoms. The fraction of sp³-hybridized carbons (Fsp3) is 0.346. The van der Waals surface area contributed by atoms with Gasteiger partial charge < -0.3 is 29.6 Å². The van der Waals surface area contributed by atoms with Gasteiger partial charge in [0.25, 0.3) is 0 Å². The highest BCUT2D eigenvalue weighted by Gasteiger charge is 2.36. The van der Waals surface area contributed by atoms with Gasteiger partial charge in [-0.3, -0.25) is 20.3 Å².